The molecule has 13 heteroatoms. The van der Waals surface area contributed by atoms with Gasteiger partial charge in [0, 0.05) is 12.8 Å². The summed E-state index contributed by atoms with van der Waals surface area (Å²) in [5.41, 5.74) is 0. The van der Waals surface area contributed by atoms with E-state index in [2.05, 4.69) is 26.0 Å². The Labute approximate surface area is 356 Å². The number of carbonyl (C=O) groups is 2. The minimum Gasteiger partial charge on any atom is -0.462 e. The summed E-state index contributed by atoms with van der Waals surface area (Å²) < 4.78 is 54.0. The number of allylic oxidation sites excluding steroid dienone is 8. The van der Waals surface area contributed by atoms with Gasteiger partial charge in [0.05, 0.1) is 6.61 Å². The van der Waals surface area contributed by atoms with Crippen LogP contribution in [0, 0.1) is 0 Å². The molecule has 4 N–H and O–H groups in total. The normalized spacial score (nSPS) is 20.7. The first kappa shape index (κ1) is 54.6. The van der Waals surface area contributed by atoms with E-state index in [9.17, 15) is 37.9 Å². The zero-order chi connectivity index (χ0) is 43.4. The van der Waals surface area contributed by atoms with Crippen LogP contribution in [0.4, 0.5) is 0 Å². The molecule has 2 unspecified atom stereocenters. The van der Waals surface area contributed by atoms with Crippen molar-refractivity contribution in [3.8, 4) is 0 Å². The third kappa shape index (κ3) is 31.2. The molecule has 1 fully saturated rings. The number of aliphatic hydroxyl groups excluding tert-OH is 3. The molecule has 1 aliphatic rings. The second-order valence-corrected chi connectivity index (χ2v) is 17.3. The van der Waals surface area contributed by atoms with E-state index < -0.39 is 71.2 Å². The maximum Gasteiger partial charge on any atom is 0.306 e. The van der Waals surface area contributed by atoms with E-state index in [0.29, 0.717) is 12.8 Å². The summed E-state index contributed by atoms with van der Waals surface area (Å²) in [7, 11) is -4.61. The fourth-order valence-corrected chi connectivity index (χ4v) is 7.44. The molecule has 0 radical (unpaired) electrons. The zero-order valence-electron chi connectivity index (χ0n) is 36.3. The molecule has 342 valence electrons. The second kappa shape index (κ2) is 36.3. The molecule has 0 aromatic heterocycles. The van der Waals surface area contributed by atoms with Gasteiger partial charge in [-0.25, -0.2) is 0 Å². The topological polar surface area (TPSA) is 186 Å². The van der Waals surface area contributed by atoms with E-state index in [1.807, 2.05) is 36.5 Å². The average molecular weight is 857 g/mol. The molecule has 1 aliphatic heterocycles. The van der Waals surface area contributed by atoms with Crippen molar-refractivity contribution < 1.29 is 56.8 Å². The third-order valence-electron chi connectivity index (χ3n) is 10.3. The monoisotopic (exact) mass is 857 g/mol. The average Bonchev–Trinajstić information content (AvgIpc) is 3.20. The van der Waals surface area contributed by atoms with Gasteiger partial charge in [-0.1, -0.05) is 178 Å². The smallest absolute Gasteiger partial charge is 0.306 e. The van der Waals surface area contributed by atoms with E-state index in [0.717, 1.165) is 57.8 Å². The van der Waals surface area contributed by atoms with Crippen LogP contribution in [0.25, 0.3) is 0 Å². The Morgan fingerprint density at radius 2 is 1.07 bits per heavy atom. The molecule has 0 aromatic carbocycles. The Morgan fingerprint density at radius 1 is 0.593 bits per heavy atom. The van der Waals surface area contributed by atoms with Crippen molar-refractivity contribution in [3.63, 3.8) is 0 Å². The summed E-state index contributed by atoms with van der Waals surface area (Å²) in [5, 5.41) is 30.9. The molecule has 0 saturated carbocycles. The number of ether oxygens (including phenoxy) is 4. The van der Waals surface area contributed by atoms with Crippen molar-refractivity contribution >= 4 is 22.1 Å². The summed E-state index contributed by atoms with van der Waals surface area (Å²) in [6.07, 6.45) is 33.0. The van der Waals surface area contributed by atoms with Crippen LogP contribution in [-0.2, 0) is 38.7 Å². The quantitative estimate of drug-likeness (QED) is 0.0201. The number of hydrogen-bond acceptors (Lipinski definition) is 11. The van der Waals surface area contributed by atoms with Gasteiger partial charge in [0.15, 0.2) is 12.4 Å². The van der Waals surface area contributed by atoms with Gasteiger partial charge in [-0.2, -0.15) is 8.42 Å². The zero-order valence-corrected chi connectivity index (χ0v) is 37.2. The standard InChI is InChI=1S/C46H80O12S/c1-3-5-7-9-11-13-15-17-19-21-22-24-26-28-30-32-34-41(47)55-36-39(37-56-46-45(51)44(50)43(49)40(58-46)38-59(52,53)54)57-42(48)35-33-31-29-27-25-23-20-18-16-14-12-10-8-6-4-2/h6,8,10,12,14,16,18,20,39-40,43-46,49-51H,3-5,7,9,11,13,15,17,19,21-38H2,1-2H3,(H,52,53,54)/b8-6+,12-10+,16-14+,20-18+/t39-,40-,43-,44?,45?,46+/m1/s1. The van der Waals surface area contributed by atoms with Gasteiger partial charge in [0.25, 0.3) is 10.1 Å². The first-order chi connectivity index (χ1) is 28.5. The lowest BCUT2D eigenvalue weighted by molar-refractivity contribution is -0.297. The van der Waals surface area contributed by atoms with E-state index in [1.165, 1.54) is 77.0 Å². The molecule has 0 spiro atoms. The van der Waals surface area contributed by atoms with Crippen molar-refractivity contribution in [2.75, 3.05) is 19.0 Å². The van der Waals surface area contributed by atoms with Crippen LogP contribution in [-0.4, -0.2) is 96.0 Å². The molecular formula is C46H80O12S. The predicted octanol–water partition coefficient (Wildman–Crippen LogP) is 9.17. The number of esters is 2. The number of rotatable bonds is 37. The lowest BCUT2D eigenvalue weighted by Gasteiger charge is -2.40. The molecule has 1 heterocycles. The number of hydrogen-bond donors (Lipinski definition) is 4. The van der Waals surface area contributed by atoms with Crippen LogP contribution < -0.4 is 0 Å². The second-order valence-electron chi connectivity index (χ2n) is 15.8. The summed E-state index contributed by atoms with van der Waals surface area (Å²) in [6, 6.07) is 0. The van der Waals surface area contributed by atoms with Gasteiger partial charge in [-0.15, -0.1) is 0 Å². The summed E-state index contributed by atoms with van der Waals surface area (Å²) in [6.45, 7) is 3.61. The Balaban J connectivity index is 2.45. The van der Waals surface area contributed by atoms with Crippen molar-refractivity contribution in [2.45, 2.75) is 211 Å². The Kier molecular flexibility index (Phi) is 33.6. The SMILES string of the molecule is CC/C=C/C=C/C=C/C=C/CCCCCCCC(=O)O[C@H](COC(=O)CCCCCCCCCCCCCCCCCC)CO[C@H]1O[C@H](CS(=O)(=O)O)[C@@H](O)C(O)C1O. The molecule has 1 rings (SSSR count). The molecule has 0 bridgehead atoms. The minimum absolute atomic E-state index is 0.138. The van der Waals surface area contributed by atoms with Crippen LogP contribution in [0.3, 0.4) is 0 Å². The summed E-state index contributed by atoms with van der Waals surface area (Å²) >= 11 is 0. The highest BCUT2D eigenvalue weighted by Gasteiger charge is 2.46. The van der Waals surface area contributed by atoms with Crippen molar-refractivity contribution in [3.05, 3.63) is 48.6 Å². The molecule has 12 nitrogen and oxygen atoms in total. The van der Waals surface area contributed by atoms with Gasteiger partial charge in [0.1, 0.15) is 36.8 Å². The van der Waals surface area contributed by atoms with Gasteiger partial charge < -0.3 is 34.3 Å². The van der Waals surface area contributed by atoms with E-state index in [1.54, 1.807) is 0 Å². The fourth-order valence-electron chi connectivity index (χ4n) is 6.75. The lowest BCUT2D eigenvalue weighted by Crippen LogP contribution is -2.60. The highest BCUT2D eigenvalue weighted by molar-refractivity contribution is 7.85. The number of aliphatic hydroxyl groups is 3. The van der Waals surface area contributed by atoms with Gasteiger partial charge in [-0.3, -0.25) is 14.1 Å². The van der Waals surface area contributed by atoms with Crippen molar-refractivity contribution in [2.24, 2.45) is 0 Å². The molecule has 6 atom stereocenters. The highest BCUT2D eigenvalue weighted by Crippen LogP contribution is 2.24. The maximum absolute atomic E-state index is 12.8. The first-order valence-corrected chi connectivity index (χ1v) is 24.4. The van der Waals surface area contributed by atoms with Gasteiger partial charge in [-0.05, 0) is 32.1 Å². The fraction of sp³-hybridized carbons (Fsp3) is 0.783. The van der Waals surface area contributed by atoms with E-state index in [4.69, 9.17) is 18.9 Å². The molecule has 0 aliphatic carbocycles. The van der Waals surface area contributed by atoms with Crippen LogP contribution in [0.5, 0.6) is 0 Å². The molecular weight excluding hydrogens is 777 g/mol. The third-order valence-corrected chi connectivity index (χ3v) is 11.0. The lowest BCUT2D eigenvalue weighted by atomic mass is 10.00. The van der Waals surface area contributed by atoms with Crippen molar-refractivity contribution in [1.29, 1.82) is 0 Å². The maximum atomic E-state index is 12.8. The minimum atomic E-state index is -4.61. The summed E-state index contributed by atoms with van der Waals surface area (Å²) in [5.74, 6) is -2.01. The Hall–Kier alpha value is -2.39. The van der Waals surface area contributed by atoms with Gasteiger partial charge in [0.2, 0.25) is 0 Å². The van der Waals surface area contributed by atoms with Gasteiger partial charge >= 0.3 is 11.9 Å². The number of carbonyl (C=O) groups excluding carboxylic acids is 2. The Bertz CT molecular complexity index is 1280. The summed E-state index contributed by atoms with van der Waals surface area (Å²) in [4.78, 5) is 25.4. The van der Waals surface area contributed by atoms with Crippen LogP contribution in [0.2, 0.25) is 0 Å². The van der Waals surface area contributed by atoms with Crippen LogP contribution in [0.1, 0.15) is 174 Å². The molecule has 0 amide bonds. The Morgan fingerprint density at radius 3 is 1.59 bits per heavy atom. The highest BCUT2D eigenvalue weighted by atomic mass is 32.2. The van der Waals surface area contributed by atoms with E-state index >= 15 is 0 Å². The van der Waals surface area contributed by atoms with Crippen molar-refractivity contribution in [1.82, 2.24) is 0 Å². The largest absolute Gasteiger partial charge is 0.462 e. The molecule has 59 heavy (non-hydrogen) atoms. The van der Waals surface area contributed by atoms with Crippen LogP contribution in [0.15, 0.2) is 48.6 Å². The first-order valence-electron chi connectivity index (χ1n) is 22.7. The number of unbranched alkanes of at least 4 members (excludes halogenated alkanes) is 20. The molecule has 0 aromatic rings. The van der Waals surface area contributed by atoms with Crippen LogP contribution >= 0.6 is 0 Å². The van der Waals surface area contributed by atoms with E-state index in [-0.39, 0.29) is 19.4 Å². The molecule has 1 saturated heterocycles. The predicted molar refractivity (Wildman–Crippen MR) is 233 cm³/mol.